The van der Waals surface area contributed by atoms with Crippen LogP contribution in [-0.4, -0.2) is 25.4 Å². The van der Waals surface area contributed by atoms with Crippen LogP contribution in [0, 0.1) is 17.6 Å². The molecule has 0 bridgehead atoms. The molecule has 1 aliphatic carbocycles. The van der Waals surface area contributed by atoms with E-state index in [-0.39, 0.29) is 23.3 Å². The van der Waals surface area contributed by atoms with E-state index < -0.39 is 23.1 Å². The number of ether oxygens (including phenoxy) is 2. The number of carbonyl (C=O) groups is 1. The Morgan fingerprint density at radius 3 is 2.57 bits per heavy atom. The second kappa shape index (κ2) is 4.94. The van der Waals surface area contributed by atoms with Gasteiger partial charge in [0.2, 0.25) is 0 Å². The molecule has 0 unspecified atom stereocenters. The minimum absolute atomic E-state index is 0.0481. The van der Waals surface area contributed by atoms with Crippen LogP contribution in [0.2, 0.25) is 0 Å². The zero-order chi connectivity index (χ0) is 15.2. The highest BCUT2D eigenvalue weighted by Gasteiger charge is 2.61. The summed E-state index contributed by atoms with van der Waals surface area (Å²) >= 11 is 0. The Labute approximate surface area is 121 Å². The third kappa shape index (κ3) is 2.48. The van der Waals surface area contributed by atoms with Gasteiger partial charge >= 0.3 is 6.09 Å². The largest absolute Gasteiger partial charge is 0.447 e. The molecule has 1 heterocycles. The first-order valence-corrected chi connectivity index (χ1v) is 6.97. The summed E-state index contributed by atoms with van der Waals surface area (Å²) in [5.74, 6) is -1.10. The van der Waals surface area contributed by atoms with Crippen molar-refractivity contribution in [1.29, 1.82) is 0 Å². The predicted molar refractivity (Wildman–Crippen MR) is 72.2 cm³/mol. The summed E-state index contributed by atoms with van der Waals surface area (Å²) in [6.07, 6.45) is -0.285. The minimum atomic E-state index is -0.733. The Balaban J connectivity index is 1.82. The number of hydrogen-bond acceptors (Lipinski definition) is 3. The van der Waals surface area contributed by atoms with Crippen LogP contribution >= 0.6 is 0 Å². The molecule has 4 nitrogen and oxygen atoms in total. The van der Waals surface area contributed by atoms with Gasteiger partial charge in [-0.15, -0.1) is 0 Å². The van der Waals surface area contributed by atoms with Gasteiger partial charge in [0.25, 0.3) is 0 Å². The molecule has 1 aliphatic heterocycles. The fourth-order valence-corrected chi connectivity index (χ4v) is 3.02. The van der Waals surface area contributed by atoms with Gasteiger partial charge in [-0.25, -0.2) is 13.6 Å². The summed E-state index contributed by atoms with van der Waals surface area (Å²) in [6, 6.07) is 2.25. The van der Waals surface area contributed by atoms with Crippen LogP contribution < -0.4 is 5.32 Å². The summed E-state index contributed by atoms with van der Waals surface area (Å²) in [4.78, 5) is 11.5. The van der Waals surface area contributed by atoms with Crippen molar-refractivity contribution in [1.82, 2.24) is 0 Å². The Kier molecular flexibility index (Phi) is 3.36. The van der Waals surface area contributed by atoms with E-state index >= 15 is 0 Å². The first-order chi connectivity index (χ1) is 9.92. The van der Waals surface area contributed by atoms with Crippen molar-refractivity contribution in [2.75, 3.05) is 18.5 Å². The van der Waals surface area contributed by atoms with E-state index in [0.717, 1.165) is 18.6 Å². The number of nitrogens with one attached hydrogen (secondary N) is 1. The fraction of sp³-hybridized carbons (Fsp3) is 0.533. The third-order valence-electron chi connectivity index (χ3n) is 4.04. The van der Waals surface area contributed by atoms with E-state index in [0.29, 0.717) is 13.2 Å². The van der Waals surface area contributed by atoms with Crippen molar-refractivity contribution in [3.05, 3.63) is 29.3 Å². The predicted octanol–water partition coefficient (Wildman–Crippen LogP) is 3.21. The highest BCUT2D eigenvalue weighted by Crippen LogP contribution is 2.59. The lowest BCUT2D eigenvalue weighted by atomic mass is 9.94. The average Bonchev–Trinajstić information content (AvgIpc) is 2.88. The molecular formula is C15H17F2NO3. The normalized spacial score (nSPS) is 26.6. The Morgan fingerprint density at radius 1 is 1.43 bits per heavy atom. The van der Waals surface area contributed by atoms with Crippen LogP contribution in [0.3, 0.4) is 0 Å². The second-order valence-electron chi connectivity index (χ2n) is 5.97. The Hall–Kier alpha value is -1.69. The first-order valence-electron chi connectivity index (χ1n) is 6.97. The Bertz CT molecular complexity index is 567. The molecule has 2 fully saturated rings. The number of amides is 1. The molecule has 6 heteroatoms. The summed E-state index contributed by atoms with van der Waals surface area (Å²) in [5.41, 5.74) is -0.384. The molecular weight excluding hydrogens is 280 g/mol. The second-order valence-corrected chi connectivity index (χ2v) is 5.97. The molecule has 1 N–H and O–H groups in total. The fourth-order valence-electron chi connectivity index (χ4n) is 3.02. The molecule has 1 saturated carbocycles. The van der Waals surface area contributed by atoms with Crippen LogP contribution in [0.1, 0.15) is 25.8 Å². The van der Waals surface area contributed by atoms with Gasteiger partial charge < -0.3 is 9.47 Å². The lowest BCUT2D eigenvalue weighted by molar-refractivity contribution is 0.130. The molecule has 21 heavy (non-hydrogen) atoms. The maximum atomic E-state index is 14.3. The van der Waals surface area contributed by atoms with Gasteiger partial charge in [0, 0.05) is 16.7 Å². The highest BCUT2D eigenvalue weighted by atomic mass is 19.1. The maximum Gasteiger partial charge on any atom is 0.411 e. The lowest BCUT2D eigenvalue weighted by Crippen LogP contribution is -2.20. The van der Waals surface area contributed by atoms with Crippen molar-refractivity contribution in [2.45, 2.75) is 31.8 Å². The summed E-state index contributed by atoms with van der Waals surface area (Å²) in [7, 11) is 0. The summed E-state index contributed by atoms with van der Waals surface area (Å²) in [5, 5.41) is 2.33. The van der Waals surface area contributed by atoms with Gasteiger partial charge in [0.15, 0.2) is 0 Å². The number of benzene rings is 1. The average molecular weight is 297 g/mol. The number of halogens is 2. The third-order valence-corrected chi connectivity index (χ3v) is 4.04. The van der Waals surface area contributed by atoms with Crippen molar-refractivity contribution in [3.63, 3.8) is 0 Å². The van der Waals surface area contributed by atoms with Crippen LogP contribution in [0.5, 0.6) is 0 Å². The molecule has 2 atom stereocenters. The monoisotopic (exact) mass is 297 g/mol. The van der Waals surface area contributed by atoms with Crippen LogP contribution in [0.4, 0.5) is 19.3 Å². The molecule has 2 aliphatic rings. The molecule has 1 saturated heterocycles. The van der Waals surface area contributed by atoms with E-state index in [4.69, 9.17) is 9.47 Å². The van der Waals surface area contributed by atoms with Crippen molar-refractivity contribution < 1.29 is 23.0 Å². The standard InChI is InChI=1S/C15H17F2NO3/c1-8(2)21-14(19)18-10-3-11(16)13(12(17)4-10)15-5-9(15)6-20-7-15/h3-4,8-9H,5-7H2,1-2H3,(H,18,19)/t9-,15-/m1/s1. The van der Waals surface area contributed by atoms with Gasteiger partial charge in [-0.3, -0.25) is 5.32 Å². The topological polar surface area (TPSA) is 47.6 Å². The van der Waals surface area contributed by atoms with Gasteiger partial charge in [-0.2, -0.15) is 0 Å². The lowest BCUT2D eigenvalue weighted by Gasteiger charge is -2.16. The smallest absolute Gasteiger partial charge is 0.411 e. The highest BCUT2D eigenvalue weighted by molar-refractivity contribution is 5.84. The van der Waals surface area contributed by atoms with Crippen LogP contribution in [0.15, 0.2) is 12.1 Å². The molecule has 0 radical (unpaired) electrons. The Morgan fingerprint density at radius 2 is 2.10 bits per heavy atom. The van der Waals surface area contributed by atoms with Crippen molar-refractivity contribution in [2.24, 2.45) is 5.92 Å². The molecule has 1 aromatic carbocycles. The van der Waals surface area contributed by atoms with Gasteiger partial charge in [-0.05, 0) is 38.3 Å². The van der Waals surface area contributed by atoms with E-state index in [1.54, 1.807) is 13.8 Å². The SMILES string of the molecule is CC(C)OC(=O)Nc1cc(F)c([C@]23COC[C@H]2C3)c(F)c1. The van der Waals surface area contributed by atoms with Crippen LogP contribution in [-0.2, 0) is 14.9 Å². The summed E-state index contributed by atoms with van der Waals surface area (Å²) < 4.78 is 38.7. The van der Waals surface area contributed by atoms with Gasteiger partial charge in [0.05, 0.1) is 19.3 Å². The number of rotatable bonds is 3. The van der Waals surface area contributed by atoms with Crippen molar-refractivity contribution >= 4 is 11.8 Å². The zero-order valence-corrected chi connectivity index (χ0v) is 11.9. The quantitative estimate of drug-likeness (QED) is 0.932. The summed E-state index contributed by atoms with van der Waals surface area (Å²) in [6.45, 7) is 4.29. The molecule has 1 aromatic rings. The van der Waals surface area contributed by atoms with Crippen molar-refractivity contribution in [3.8, 4) is 0 Å². The number of anilines is 1. The first kappa shape index (κ1) is 14.3. The van der Waals surface area contributed by atoms with E-state index in [2.05, 4.69) is 5.32 Å². The zero-order valence-electron chi connectivity index (χ0n) is 11.9. The molecule has 0 spiro atoms. The molecule has 114 valence electrons. The van der Waals surface area contributed by atoms with Gasteiger partial charge in [0.1, 0.15) is 11.6 Å². The molecule has 1 amide bonds. The number of carbonyl (C=O) groups excluding carboxylic acids is 1. The molecule has 0 aromatic heterocycles. The van der Waals surface area contributed by atoms with E-state index in [1.807, 2.05) is 0 Å². The van der Waals surface area contributed by atoms with Crippen LogP contribution in [0.25, 0.3) is 0 Å². The van der Waals surface area contributed by atoms with E-state index in [1.165, 1.54) is 0 Å². The van der Waals surface area contributed by atoms with Gasteiger partial charge in [-0.1, -0.05) is 0 Å². The minimum Gasteiger partial charge on any atom is -0.447 e. The number of fused-ring (bicyclic) bond motifs is 1. The van der Waals surface area contributed by atoms with E-state index in [9.17, 15) is 13.6 Å². The number of hydrogen-bond donors (Lipinski definition) is 1. The molecule has 3 rings (SSSR count). The maximum absolute atomic E-state index is 14.3.